The molecule has 7 heteroatoms. The lowest BCUT2D eigenvalue weighted by atomic mass is 10.2. The normalized spacial score (nSPS) is 12.0. The molecule has 138 valence electrons. The highest BCUT2D eigenvalue weighted by atomic mass is 35.5. The van der Waals surface area contributed by atoms with Gasteiger partial charge in [0.1, 0.15) is 5.82 Å². The standard InChI is InChI=1S/C19H20ClFN2O3/c1-4-12(2)26-18-15(20)9-13(10-17(18)25-3)11-22-23-19(24)14-7-5-6-8-16(14)21/h5-12H,4H2,1-3H3,(H,23,24). The molecular weight excluding hydrogens is 359 g/mol. The number of methoxy groups -OCH3 is 1. The summed E-state index contributed by atoms with van der Waals surface area (Å²) in [5.74, 6) is -0.346. The molecule has 0 bridgehead atoms. The van der Waals surface area contributed by atoms with Crippen LogP contribution in [0.5, 0.6) is 11.5 Å². The van der Waals surface area contributed by atoms with E-state index in [-0.39, 0.29) is 11.7 Å². The second-order valence-electron chi connectivity index (χ2n) is 5.55. The molecule has 2 aromatic carbocycles. The van der Waals surface area contributed by atoms with Gasteiger partial charge in [0.15, 0.2) is 11.5 Å². The minimum Gasteiger partial charge on any atom is -0.493 e. The van der Waals surface area contributed by atoms with Crippen molar-refractivity contribution in [2.45, 2.75) is 26.4 Å². The summed E-state index contributed by atoms with van der Waals surface area (Å²) in [7, 11) is 1.51. The summed E-state index contributed by atoms with van der Waals surface area (Å²) in [5, 5.41) is 4.20. The Morgan fingerprint density at radius 1 is 1.38 bits per heavy atom. The first-order valence-corrected chi connectivity index (χ1v) is 8.46. The van der Waals surface area contributed by atoms with Gasteiger partial charge in [-0.15, -0.1) is 0 Å². The SMILES string of the molecule is CCC(C)Oc1c(Cl)cc(C=NNC(=O)c2ccccc2F)cc1OC. The molecule has 0 radical (unpaired) electrons. The van der Waals surface area contributed by atoms with Gasteiger partial charge in [-0.1, -0.05) is 30.7 Å². The molecule has 26 heavy (non-hydrogen) atoms. The molecule has 0 aliphatic carbocycles. The van der Waals surface area contributed by atoms with Crippen molar-refractivity contribution in [2.24, 2.45) is 5.10 Å². The van der Waals surface area contributed by atoms with Crippen LogP contribution in [-0.2, 0) is 0 Å². The number of nitrogens with one attached hydrogen (secondary N) is 1. The predicted octanol–water partition coefficient (Wildman–Crippen LogP) is 4.43. The number of benzene rings is 2. The summed E-state index contributed by atoms with van der Waals surface area (Å²) in [4.78, 5) is 11.9. The number of halogens is 2. The third kappa shape index (κ3) is 4.95. The molecule has 1 unspecified atom stereocenters. The largest absolute Gasteiger partial charge is 0.493 e. The molecule has 0 saturated heterocycles. The van der Waals surface area contributed by atoms with E-state index in [1.807, 2.05) is 13.8 Å². The molecule has 1 atom stereocenters. The average molecular weight is 379 g/mol. The van der Waals surface area contributed by atoms with E-state index < -0.39 is 11.7 Å². The van der Waals surface area contributed by atoms with E-state index in [1.54, 1.807) is 18.2 Å². The zero-order valence-electron chi connectivity index (χ0n) is 14.8. The third-order valence-corrected chi connectivity index (χ3v) is 3.92. The highest BCUT2D eigenvalue weighted by Gasteiger charge is 2.14. The van der Waals surface area contributed by atoms with Gasteiger partial charge in [-0.3, -0.25) is 4.79 Å². The lowest BCUT2D eigenvalue weighted by Crippen LogP contribution is -2.18. The first kappa shape index (κ1) is 19.7. The summed E-state index contributed by atoms with van der Waals surface area (Å²) < 4.78 is 24.6. The molecule has 0 spiro atoms. The number of hydrogen-bond acceptors (Lipinski definition) is 4. The number of ether oxygens (including phenoxy) is 2. The molecule has 1 amide bonds. The van der Waals surface area contributed by atoms with Crippen molar-refractivity contribution in [3.8, 4) is 11.5 Å². The van der Waals surface area contributed by atoms with Crippen molar-refractivity contribution >= 4 is 23.7 Å². The van der Waals surface area contributed by atoms with Crippen LogP contribution < -0.4 is 14.9 Å². The summed E-state index contributed by atoms with van der Waals surface area (Å²) >= 11 is 6.27. The fourth-order valence-corrected chi connectivity index (χ4v) is 2.35. The van der Waals surface area contributed by atoms with E-state index in [4.69, 9.17) is 21.1 Å². The second-order valence-corrected chi connectivity index (χ2v) is 5.96. The summed E-state index contributed by atoms with van der Waals surface area (Å²) in [5.41, 5.74) is 2.79. The Kier molecular flexibility index (Phi) is 6.97. The number of carbonyl (C=O) groups is 1. The predicted molar refractivity (Wildman–Crippen MR) is 99.8 cm³/mol. The summed E-state index contributed by atoms with van der Waals surface area (Å²) in [6.07, 6.45) is 2.20. The van der Waals surface area contributed by atoms with Crippen molar-refractivity contribution in [3.05, 3.63) is 58.4 Å². The van der Waals surface area contributed by atoms with Crippen LogP contribution in [0.2, 0.25) is 5.02 Å². The van der Waals surface area contributed by atoms with Gasteiger partial charge in [0.2, 0.25) is 0 Å². The third-order valence-electron chi connectivity index (χ3n) is 3.64. The number of hydrazone groups is 1. The monoisotopic (exact) mass is 378 g/mol. The highest BCUT2D eigenvalue weighted by molar-refractivity contribution is 6.32. The van der Waals surface area contributed by atoms with E-state index in [2.05, 4.69) is 10.5 Å². The first-order chi connectivity index (χ1) is 12.5. The lowest BCUT2D eigenvalue weighted by Gasteiger charge is -2.17. The van der Waals surface area contributed by atoms with Crippen molar-refractivity contribution < 1.29 is 18.7 Å². The van der Waals surface area contributed by atoms with Crippen molar-refractivity contribution in [2.75, 3.05) is 7.11 Å². The lowest BCUT2D eigenvalue weighted by molar-refractivity contribution is 0.0951. The van der Waals surface area contributed by atoms with Crippen LogP contribution in [0.1, 0.15) is 36.2 Å². The van der Waals surface area contributed by atoms with Crippen LogP contribution in [0.3, 0.4) is 0 Å². The van der Waals surface area contributed by atoms with E-state index in [1.165, 1.54) is 31.5 Å². The number of amides is 1. The van der Waals surface area contributed by atoms with E-state index in [0.717, 1.165) is 6.42 Å². The van der Waals surface area contributed by atoms with E-state index in [9.17, 15) is 9.18 Å². The van der Waals surface area contributed by atoms with Gasteiger partial charge in [-0.05, 0) is 43.2 Å². The van der Waals surface area contributed by atoms with Crippen molar-refractivity contribution in [3.63, 3.8) is 0 Å². The maximum atomic E-state index is 13.6. The molecule has 2 rings (SSSR count). The number of rotatable bonds is 7. The Bertz CT molecular complexity index is 811. The topological polar surface area (TPSA) is 59.9 Å². The molecule has 5 nitrogen and oxygen atoms in total. The van der Waals surface area contributed by atoms with E-state index >= 15 is 0 Å². The van der Waals surface area contributed by atoms with Crippen LogP contribution in [-0.4, -0.2) is 25.3 Å². The second kappa shape index (κ2) is 9.20. The fraction of sp³-hybridized carbons (Fsp3) is 0.263. The molecule has 0 fully saturated rings. The Morgan fingerprint density at radius 3 is 2.77 bits per heavy atom. The van der Waals surface area contributed by atoms with Gasteiger partial charge in [-0.25, -0.2) is 9.82 Å². The molecule has 0 heterocycles. The number of hydrogen-bond donors (Lipinski definition) is 1. The smallest absolute Gasteiger partial charge is 0.274 e. The Hall–Kier alpha value is -2.60. The van der Waals surface area contributed by atoms with Crippen molar-refractivity contribution in [1.29, 1.82) is 0 Å². The number of carbonyl (C=O) groups excluding carboxylic acids is 1. The van der Waals surface area contributed by atoms with Gasteiger partial charge < -0.3 is 9.47 Å². The highest BCUT2D eigenvalue weighted by Crippen LogP contribution is 2.37. The van der Waals surface area contributed by atoms with Crippen LogP contribution in [0, 0.1) is 5.82 Å². The Balaban J connectivity index is 2.14. The van der Waals surface area contributed by atoms with Gasteiger partial charge in [0, 0.05) is 0 Å². The zero-order valence-corrected chi connectivity index (χ0v) is 15.5. The van der Waals surface area contributed by atoms with Gasteiger partial charge in [0.25, 0.3) is 5.91 Å². The molecule has 0 aliphatic rings. The van der Waals surface area contributed by atoms with Crippen LogP contribution in [0.4, 0.5) is 4.39 Å². The minimum absolute atomic E-state index is 0.0130. The minimum atomic E-state index is -0.644. The average Bonchev–Trinajstić information content (AvgIpc) is 2.63. The van der Waals surface area contributed by atoms with Crippen molar-refractivity contribution in [1.82, 2.24) is 5.43 Å². The van der Waals surface area contributed by atoms with Crippen LogP contribution in [0.15, 0.2) is 41.5 Å². The van der Waals surface area contributed by atoms with Crippen LogP contribution in [0.25, 0.3) is 0 Å². The number of nitrogens with zero attached hydrogens (tertiary/aromatic N) is 1. The van der Waals surface area contributed by atoms with Gasteiger partial charge >= 0.3 is 0 Å². The Morgan fingerprint density at radius 2 is 2.12 bits per heavy atom. The first-order valence-electron chi connectivity index (χ1n) is 8.08. The summed E-state index contributed by atoms with van der Waals surface area (Å²) in [6, 6.07) is 8.98. The fourth-order valence-electron chi connectivity index (χ4n) is 2.08. The Labute approximate surface area is 156 Å². The maximum Gasteiger partial charge on any atom is 0.274 e. The zero-order chi connectivity index (χ0) is 19.1. The molecule has 1 N–H and O–H groups in total. The quantitative estimate of drug-likeness (QED) is 0.572. The van der Waals surface area contributed by atoms with Gasteiger partial charge in [-0.2, -0.15) is 5.10 Å². The summed E-state index contributed by atoms with van der Waals surface area (Å²) in [6.45, 7) is 3.94. The van der Waals surface area contributed by atoms with E-state index in [0.29, 0.717) is 22.1 Å². The molecular formula is C19H20ClFN2O3. The maximum absolute atomic E-state index is 13.6. The van der Waals surface area contributed by atoms with Gasteiger partial charge in [0.05, 0.1) is 30.0 Å². The van der Waals surface area contributed by atoms with Crippen LogP contribution >= 0.6 is 11.6 Å². The molecule has 2 aromatic rings. The molecule has 0 aliphatic heterocycles. The molecule has 0 saturated carbocycles. The molecule has 0 aromatic heterocycles.